The predicted molar refractivity (Wildman–Crippen MR) is 73.2 cm³/mol. The second-order valence-electron chi connectivity index (χ2n) is 3.63. The average Bonchev–Trinajstić information content (AvgIpc) is 2.33. The number of halogens is 1. The fourth-order valence-corrected chi connectivity index (χ4v) is 2.60. The summed E-state index contributed by atoms with van der Waals surface area (Å²) in [6.07, 6.45) is 2.22. The molecule has 94 valence electrons. The molecule has 0 aliphatic heterocycles. The first-order valence-electron chi connectivity index (χ1n) is 5.41. The van der Waals surface area contributed by atoms with Gasteiger partial charge in [0.2, 0.25) is 0 Å². The van der Waals surface area contributed by atoms with Gasteiger partial charge >= 0.3 is 0 Å². The summed E-state index contributed by atoms with van der Waals surface area (Å²) in [6.45, 7) is 0.548. The molecule has 0 radical (unpaired) electrons. The van der Waals surface area contributed by atoms with Crippen molar-refractivity contribution in [2.45, 2.75) is 16.5 Å². The lowest BCUT2D eigenvalue weighted by Gasteiger charge is -2.08. The van der Waals surface area contributed by atoms with Crippen LogP contribution in [0, 0.1) is 0 Å². The fourth-order valence-electron chi connectivity index (χ4n) is 1.51. The Kier molecular flexibility index (Phi) is 4.41. The van der Waals surface area contributed by atoms with Crippen LogP contribution in [0.1, 0.15) is 5.56 Å². The molecule has 0 unspecified atom stereocenters. The molecule has 0 amide bonds. The minimum absolute atomic E-state index is 0.165. The molecular formula is C12H12ClN3OS. The van der Waals surface area contributed by atoms with Crippen LogP contribution >= 0.6 is 23.4 Å². The first-order valence-corrected chi connectivity index (χ1v) is 6.60. The fraction of sp³-hybridized carbons (Fsp3) is 0.167. The van der Waals surface area contributed by atoms with E-state index < -0.39 is 0 Å². The van der Waals surface area contributed by atoms with Crippen LogP contribution in [0.5, 0.6) is 0 Å². The van der Waals surface area contributed by atoms with Crippen molar-refractivity contribution in [1.29, 1.82) is 0 Å². The van der Waals surface area contributed by atoms with Gasteiger partial charge in [0.25, 0.3) is 5.56 Å². The Morgan fingerprint density at radius 2 is 2.22 bits per heavy atom. The number of hydrogen-bond acceptors (Lipinski definition) is 4. The van der Waals surface area contributed by atoms with Gasteiger partial charge in [0.15, 0.2) is 5.16 Å². The molecule has 0 saturated carbocycles. The Balaban J connectivity index is 2.30. The molecule has 1 heterocycles. The average molecular weight is 282 g/mol. The maximum atomic E-state index is 11.2. The summed E-state index contributed by atoms with van der Waals surface area (Å²) in [5.74, 6) is 0. The molecule has 2 aromatic rings. The SMILES string of the molecule is NCCc1cc(Cl)ccc1Sc1nccc(=O)[nH]1. The number of aromatic nitrogens is 2. The molecule has 2 rings (SSSR count). The molecule has 1 aromatic carbocycles. The van der Waals surface area contributed by atoms with Crippen LogP contribution in [-0.4, -0.2) is 16.5 Å². The summed E-state index contributed by atoms with van der Waals surface area (Å²) >= 11 is 7.35. The Hall–Kier alpha value is -1.30. The molecule has 0 saturated heterocycles. The Morgan fingerprint density at radius 1 is 1.39 bits per heavy atom. The van der Waals surface area contributed by atoms with E-state index in [1.807, 2.05) is 18.2 Å². The molecule has 0 aliphatic rings. The van der Waals surface area contributed by atoms with Crippen LogP contribution in [-0.2, 0) is 6.42 Å². The number of hydrogen-bond donors (Lipinski definition) is 2. The van der Waals surface area contributed by atoms with E-state index in [1.54, 1.807) is 0 Å². The Morgan fingerprint density at radius 3 is 2.94 bits per heavy atom. The van der Waals surface area contributed by atoms with E-state index in [1.165, 1.54) is 24.0 Å². The molecule has 0 aliphatic carbocycles. The molecule has 0 spiro atoms. The lowest BCUT2D eigenvalue weighted by molar-refractivity contribution is 0.923. The van der Waals surface area contributed by atoms with Crippen molar-refractivity contribution in [3.63, 3.8) is 0 Å². The van der Waals surface area contributed by atoms with Crippen LogP contribution in [0.3, 0.4) is 0 Å². The van der Waals surface area contributed by atoms with Gasteiger partial charge in [-0.1, -0.05) is 23.4 Å². The number of H-pyrrole nitrogens is 1. The van der Waals surface area contributed by atoms with Crippen molar-refractivity contribution in [2.24, 2.45) is 5.73 Å². The van der Waals surface area contributed by atoms with Crippen molar-refractivity contribution in [3.05, 3.63) is 51.4 Å². The minimum atomic E-state index is -0.165. The number of nitrogens with zero attached hydrogens (tertiary/aromatic N) is 1. The summed E-state index contributed by atoms with van der Waals surface area (Å²) in [6, 6.07) is 6.99. The first-order chi connectivity index (χ1) is 8.69. The zero-order chi connectivity index (χ0) is 13.0. The van der Waals surface area contributed by atoms with E-state index in [4.69, 9.17) is 17.3 Å². The largest absolute Gasteiger partial charge is 0.330 e. The highest BCUT2D eigenvalue weighted by Crippen LogP contribution is 2.29. The second kappa shape index (κ2) is 6.04. The zero-order valence-electron chi connectivity index (χ0n) is 9.52. The van der Waals surface area contributed by atoms with Crippen LogP contribution in [0.4, 0.5) is 0 Å². The minimum Gasteiger partial charge on any atom is -0.330 e. The van der Waals surface area contributed by atoms with E-state index in [9.17, 15) is 4.79 Å². The predicted octanol–water partition coefficient (Wildman–Crippen LogP) is 2.08. The van der Waals surface area contributed by atoms with Gasteiger partial charge in [-0.15, -0.1) is 0 Å². The van der Waals surface area contributed by atoms with E-state index in [0.717, 1.165) is 16.9 Å². The normalized spacial score (nSPS) is 10.6. The smallest absolute Gasteiger partial charge is 0.251 e. The van der Waals surface area contributed by atoms with E-state index in [0.29, 0.717) is 16.7 Å². The Labute approximate surface area is 114 Å². The highest BCUT2D eigenvalue weighted by Gasteiger charge is 2.06. The Bertz CT molecular complexity index is 600. The molecule has 0 atom stereocenters. The molecule has 1 aromatic heterocycles. The standard InChI is InChI=1S/C12H12ClN3OS/c13-9-1-2-10(8(7-9)3-5-14)18-12-15-6-4-11(17)16-12/h1-2,4,6-7H,3,5,14H2,(H,15,16,17). The van der Waals surface area contributed by atoms with Gasteiger partial charge in [-0.05, 0) is 36.7 Å². The van der Waals surface area contributed by atoms with Crippen molar-refractivity contribution < 1.29 is 0 Å². The maximum absolute atomic E-state index is 11.2. The van der Waals surface area contributed by atoms with Gasteiger partial charge in [-0.3, -0.25) is 4.79 Å². The van der Waals surface area contributed by atoms with E-state index in [2.05, 4.69) is 9.97 Å². The molecule has 6 heteroatoms. The number of nitrogens with two attached hydrogens (primary N) is 1. The summed E-state index contributed by atoms with van der Waals surface area (Å²) in [5, 5.41) is 1.24. The molecule has 0 fully saturated rings. The number of benzene rings is 1. The van der Waals surface area contributed by atoms with Gasteiger partial charge in [-0.25, -0.2) is 4.98 Å². The van der Waals surface area contributed by atoms with Gasteiger partial charge in [0, 0.05) is 22.2 Å². The summed E-state index contributed by atoms with van der Waals surface area (Å²) in [5.41, 5.74) is 6.46. The number of rotatable bonds is 4. The van der Waals surface area contributed by atoms with Crippen LogP contribution in [0.15, 0.2) is 45.3 Å². The second-order valence-corrected chi connectivity index (χ2v) is 5.10. The highest BCUT2D eigenvalue weighted by atomic mass is 35.5. The van der Waals surface area contributed by atoms with E-state index >= 15 is 0 Å². The quantitative estimate of drug-likeness (QED) is 0.842. The molecule has 4 nitrogen and oxygen atoms in total. The lowest BCUT2D eigenvalue weighted by atomic mass is 10.1. The van der Waals surface area contributed by atoms with Gasteiger partial charge in [0.1, 0.15) is 0 Å². The van der Waals surface area contributed by atoms with Crippen LogP contribution in [0.25, 0.3) is 0 Å². The van der Waals surface area contributed by atoms with Crippen molar-refractivity contribution in [2.75, 3.05) is 6.54 Å². The van der Waals surface area contributed by atoms with Crippen LogP contribution in [0.2, 0.25) is 5.02 Å². The van der Waals surface area contributed by atoms with Crippen molar-refractivity contribution >= 4 is 23.4 Å². The third-order valence-corrected chi connectivity index (χ3v) is 3.54. The summed E-state index contributed by atoms with van der Waals surface area (Å²) < 4.78 is 0. The summed E-state index contributed by atoms with van der Waals surface area (Å²) in [7, 11) is 0. The van der Waals surface area contributed by atoms with Crippen LogP contribution < -0.4 is 11.3 Å². The first kappa shape index (κ1) is 13.1. The van der Waals surface area contributed by atoms with Crippen molar-refractivity contribution in [3.8, 4) is 0 Å². The number of aromatic amines is 1. The topological polar surface area (TPSA) is 71.8 Å². The molecule has 3 N–H and O–H groups in total. The number of nitrogens with one attached hydrogen (secondary N) is 1. The van der Waals surface area contributed by atoms with Crippen molar-refractivity contribution in [1.82, 2.24) is 9.97 Å². The zero-order valence-corrected chi connectivity index (χ0v) is 11.1. The van der Waals surface area contributed by atoms with E-state index in [-0.39, 0.29) is 5.56 Å². The van der Waals surface area contributed by atoms with Gasteiger partial charge in [-0.2, -0.15) is 0 Å². The monoisotopic (exact) mass is 281 g/mol. The molecular weight excluding hydrogens is 270 g/mol. The molecule has 18 heavy (non-hydrogen) atoms. The highest BCUT2D eigenvalue weighted by molar-refractivity contribution is 7.99. The lowest BCUT2D eigenvalue weighted by Crippen LogP contribution is -2.06. The summed E-state index contributed by atoms with van der Waals surface area (Å²) in [4.78, 5) is 19.0. The van der Waals surface area contributed by atoms with Gasteiger partial charge in [0.05, 0.1) is 0 Å². The third-order valence-electron chi connectivity index (χ3n) is 2.29. The van der Waals surface area contributed by atoms with Gasteiger partial charge < -0.3 is 10.7 Å². The third kappa shape index (κ3) is 3.35. The maximum Gasteiger partial charge on any atom is 0.251 e. The molecule has 0 bridgehead atoms.